The number of thiazole rings is 2. The van der Waals surface area contributed by atoms with Crippen LogP contribution in [0, 0.1) is 13.8 Å². The highest BCUT2D eigenvalue weighted by atomic mass is 32.1. The molecule has 0 aliphatic rings. The van der Waals surface area contributed by atoms with Crippen molar-refractivity contribution >= 4 is 65.2 Å². The van der Waals surface area contributed by atoms with E-state index >= 15 is 0 Å². The van der Waals surface area contributed by atoms with E-state index in [1.807, 2.05) is 50.2 Å². The van der Waals surface area contributed by atoms with Gasteiger partial charge in [-0.1, -0.05) is 40.9 Å². The van der Waals surface area contributed by atoms with Crippen molar-refractivity contribution in [1.82, 2.24) is 15.0 Å². The normalized spacial score (nSPS) is 11.1. The van der Waals surface area contributed by atoms with Crippen molar-refractivity contribution in [3.05, 3.63) is 77.1 Å². The van der Waals surface area contributed by atoms with Crippen LogP contribution in [-0.4, -0.2) is 26.8 Å². The Morgan fingerprint density at radius 3 is 1.62 bits per heavy atom. The molecule has 158 valence electrons. The van der Waals surface area contributed by atoms with Crippen molar-refractivity contribution in [3.8, 4) is 0 Å². The summed E-state index contributed by atoms with van der Waals surface area (Å²) < 4.78 is 1.99. The molecule has 0 fully saturated rings. The van der Waals surface area contributed by atoms with E-state index in [9.17, 15) is 9.59 Å². The Kier molecular flexibility index (Phi) is 5.12. The van der Waals surface area contributed by atoms with Gasteiger partial charge in [0, 0.05) is 0 Å². The molecule has 32 heavy (non-hydrogen) atoms. The number of anilines is 2. The van der Waals surface area contributed by atoms with E-state index in [0.29, 0.717) is 10.3 Å². The van der Waals surface area contributed by atoms with Gasteiger partial charge in [0.1, 0.15) is 11.4 Å². The maximum atomic E-state index is 12.7. The third-order valence-electron chi connectivity index (χ3n) is 4.74. The number of nitrogens with zero attached hydrogens (tertiary/aromatic N) is 3. The quantitative estimate of drug-likeness (QED) is 0.374. The van der Waals surface area contributed by atoms with Gasteiger partial charge in [-0.2, -0.15) is 0 Å². The van der Waals surface area contributed by atoms with Crippen molar-refractivity contribution in [1.29, 1.82) is 0 Å². The molecule has 0 spiro atoms. The zero-order chi connectivity index (χ0) is 22.2. The standard InChI is InChI=1S/C23H17N5O2S2/c1-12-6-8-14-18(10-12)31-22(25-14)27-20(29)16-4-3-5-17(24-16)21(30)28-23-26-15-9-7-13(2)11-19(15)32-23/h3-11H,1-2H3,(H,25,27,29)(H,26,28,30). The van der Waals surface area contributed by atoms with Crippen LogP contribution in [0.2, 0.25) is 0 Å². The van der Waals surface area contributed by atoms with E-state index in [1.165, 1.54) is 22.7 Å². The molecule has 9 heteroatoms. The lowest BCUT2D eigenvalue weighted by atomic mass is 10.2. The minimum Gasteiger partial charge on any atom is -0.296 e. The first-order valence-corrected chi connectivity index (χ1v) is 11.4. The summed E-state index contributed by atoms with van der Waals surface area (Å²) in [6.07, 6.45) is 0. The molecule has 5 rings (SSSR count). The summed E-state index contributed by atoms with van der Waals surface area (Å²) in [5.74, 6) is -0.850. The lowest BCUT2D eigenvalue weighted by Gasteiger charge is -2.04. The number of carbonyl (C=O) groups excluding carboxylic acids is 2. The summed E-state index contributed by atoms with van der Waals surface area (Å²) in [5.41, 5.74) is 4.16. The van der Waals surface area contributed by atoms with Gasteiger partial charge < -0.3 is 0 Å². The zero-order valence-corrected chi connectivity index (χ0v) is 18.8. The monoisotopic (exact) mass is 459 g/mol. The third kappa shape index (κ3) is 4.08. The predicted molar refractivity (Wildman–Crippen MR) is 129 cm³/mol. The zero-order valence-electron chi connectivity index (χ0n) is 17.2. The lowest BCUT2D eigenvalue weighted by molar-refractivity contribution is 0.101. The highest BCUT2D eigenvalue weighted by Gasteiger charge is 2.16. The molecule has 7 nitrogen and oxygen atoms in total. The van der Waals surface area contributed by atoms with Gasteiger partial charge in [0.25, 0.3) is 11.8 Å². The summed E-state index contributed by atoms with van der Waals surface area (Å²) in [4.78, 5) is 38.5. The Labute approximate surface area is 191 Å². The van der Waals surface area contributed by atoms with Gasteiger partial charge in [0.15, 0.2) is 10.3 Å². The van der Waals surface area contributed by atoms with Crippen LogP contribution in [-0.2, 0) is 0 Å². The number of fused-ring (bicyclic) bond motifs is 2. The Bertz CT molecular complexity index is 1400. The van der Waals surface area contributed by atoms with Crippen LogP contribution in [0.25, 0.3) is 20.4 Å². The van der Waals surface area contributed by atoms with Gasteiger partial charge in [-0.25, -0.2) is 15.0 Å². The first-order valence-electron chi connectivity index (χ1n) is 9.79. The van der Waals surface area contributed by atoms with Gasteiger partial charge in [-0.05, 0) is 61.4 Å². The van der Waals surface area contributed by atoms with Crippen molar-refractivity contribution in [2.45, 2.75) is 13.8 Å². The van der Waals surface area contributed by atoms with E-state index in [0.717, 1.165) is 31.6 Å². The van der Waals surface area contributed by atoms with Crippen molar-refractivity contribution in [2.75, 3.05) is 10.6 Å². The van der Waals surface area contributed by atoms with Crippen LogP contribution >= 0.6 is 22.7 Å². The molecule has 0 radical (unpaired) electrons. The number of nitrogens with one attached hydrogen (secondary N) is 2. The van der Waals surface area contributed by atoms with Crippen LogP contribution in [0.15, 0.2) is 54.6 Å². The number of aromatic nitrogens is 3. The Balaban J connectivity index is 1.33. The molecule has 0 saturated heterocycles. The number of amides is 2. The molecular weight excluding hydrogens is 442 g/mol. The Morgan fingerprint density at radius 2 is 1.16 bits per heavy atom. The van der Waals surface area contributed by atoms with Crippen molar-refractivity contribution < 1.29 is 9.59 Å². The number of benzene rings is 2. The SMILES string of the molecule is Cc1ccc2nc(NC(=O)c3cccc(C(=O)Nc4nc5ccc(C)cc5s4)n3)sc2c1. The molecule has 3 heterocycles. The number of hydrogen-bond donors (Lipinski definition) is 2. The Morgan fingerprint density at radius 1 is 0.688 bits per heavy atom. The second-order valence-electron chi connectivity index (χ2n) is 7.30. The summed E-state index contributed by atoms with van der Waals surface area (Å²) in [6, 6.07) is 16.6. The predicted octanol–water partition coefficient (Wildman–Crippen LogP) is 5.42. The summed E-state index contributed by atoms with van der Waals surface area (Å²) >= 11 is 2.79. The fourth-order valence-electron chi connectivity index (χ4n) is 3.18. The molecule has 0 unspecified atom stereocenters. The van der Waals surface area contributed by atoms with E-state index in [-0.39, 0.29) is 11.4 Å². The molecule has 2 amide bonds. The largest absolute Gasteiger partial charge is 0.296 e. The van der Waals surface area contributed by atoms with Gasteiger partial charge in [0.05, 0.1) is 20.4 Å². The maximum Gasteiger partial charge on any atom is 0.276 e. The number of aryl methyl sites for hydroxylation is 2. The first-order chi connectivity index (χ1) is 15.4. The number of hydrogen-bond acceptors (Lipinski definition) is 7. The molecule has 2 aromatic carbocycles. The topological polar surface area (TPSA) is 96.9 Å². The van der Waals surface area contributed by atoms with Crippen LogP contribution in [0.1, 0.15) is 32.1 Å². The van der Waals surface area contributed by atoms with Gasteiger partial charge in [-0.15, -0.1) is 0 Å². The van der Waals surface area contributed by atoms with Crippen molar-refractivity contribution in [3.63, 3.8) is 0 Å². The number of carbonyl (C=O) groups is 2. The molecular formula is C23H17N5O2S2. The minimum absolute atomic E-state index is 0.132. The average Bonchev–Trinajstić information content (AvgIpc) is 3.35. The number of pyridine rings is 1. The number of rotatable bonds is 4. The Hall–Kier alpha value is -3.69. The lowest BCUT2D eigenvalue weighted by Crippen LogP contribution is -2.18. The molecule has 0 bridgehead atoms. The molecule has 0 aliphatic heterocycles. The summed E-state index contributed by atoms with van der Waals surface area (Å²) in [5, 5.41) is 6.51. The van der Waals surface area contributed by atoms with Gasteiger partial charge >= 0.3 is 0 Å². The van der Waals surface area contributed by atoms with E-state index < -0.39 is 11.8 Å². The molecule has 0 aliphatic carbocycles. The maximum absolute atomic E-state index is 12.7. The van der Waals surface area contributed by atoms with Crippen LogP contribution in [0.4, 0.5) is 10.3 Å². The first kappa shape index (κ1) is 20.2. The summed E-state index contributed by atoms with van der Waals surface area (Å²) in [6.45, 7) is 4.01. The van der Waals surface area contributed by atoms with Crippen LogP contribution < -0.4 is 10.6 Å². The molecule has 5 aromatic rings. The van der Waals surface area contributed by atoms with E-state index in [2.05, 4.69) is 25.6 Å². The smallest absolute Gasteiger partial charge is 0.276 e. The fourth-order valence-corrected chi connectivity index (χ4v) is 5.10. The minimum atomic E-state index is -0.425. The van der Waals surface area contributed by atoms with E-state index in [1.54, 1.807) is 18.2 Å². The van der Waals surface area contributed by atoms with Crippen molar-refractivity contribution in [2.24, 2.45) is 0 Å². The molecule has 2 N–H and O–H groups in total. The average molecular weight is 460 g/mol. The molecule has 0 atom stereocenters. The summed E-state index contributed by atoms with van der Waals surface area (Å²) in [7, 11) is 0. The van der Waals surface area contributed by atoms with E-state index in [4.69, 9.17) is 0 Å². The molecule has 0 saturated carbocycles. The highest BCUT2D eigenvalue weighted by Crippen LogP contribution is 2.28. The van der Waals surface area contributed by atoms with Gasteiger partial charge in [-0.3, -0.25) is 20.2 Å². The highest BCUT2D eigenvalue weighted by molar-refractivity contribution is 7.22. The van der Waals surface area contributed by atoms with Gasteiger partial charge in [0.2, 0.25) is 0 Å². The fraction of sp³-hybridized carbons (Fsp3) is 0.0870. The second kappa shape index (κ2) is 8.10. The third-order valence-corrected chi connectivity index (χ3v) is 6.61. The van der Waals surface area contributed by atoms with Crippen LogP contribution in [0.3, 0.4) is 0 Å². The molecule has 3 aromatic heterocycles. The second-order valence-corrected chi connectivity index (χ2v) is 9.36. The van der Waals surface area contributed by atoms with Crippen LogP contribution in [0.5, 0.6) is 0 Å².